The summed E-state index contributed by atoms with van der Waals surface area (Å²) < 4.78 is 21.8. The largest absolute Gasteiger partial charge is 0.474 e. The van der Waals surface area contributed by atoms with E-state index in [9.17, 15) is 19.1 Å². The number of hydrogen-bond acceptors (Lipinski definition) is 6. The zero-order valence-corrected chi connectivity index (χ0v) is 15.7. The van der Waals surface area contributed by atoms with Crippen LogP contribution in [0, 0.1) is 5.92 Å². The van der Waals surface area contributed by atoms with E-state index in [4.69, 9.17) is 10.5 Å². The molecule has 0 saturated carbocycles. The highest BCUT2D eigenvalue weighted by Crippen LogP contribution is 2.32. The average Bonchev–Trinajstić information content (AvgIpc) is 3.28. The maximum Gasteiger partial charge on any atom is 0.259 e. The molecule has 0 bridgehead atoms. The molecule has 9 nitrogen and oxygen atoms in total. The van der Waals surface area contributed by atoms with Crippen LogP contribution in [0.4, 0.5) is 4.39 Å². The second-order valence-electron chi connectivity index (χ2n) is 6.90. The van der Waals surface area contributed by atoms with Gasteiger partial charge in [-0.25, -0.2) is 14.4 Å². The second kappa shape index (κ2) is 7.28. The van der Waals surface area contributed by atoms with Crippen LogP contribution < -0.4 is 10.5 Å². The van der Waals surface area contributed by atoms with E-state index in [1.54, 1.807) is 29.7 Å². The van der Waals surface area contributed by atoms with Crippen LogP contribution in [0.2, 0.25) is 0 Å². The standard InChI is InChI=1S/C19H20FN5O4/c1-2-11-13(25(9-26)19(28)14(11)20)8-29-18-15-10(3-4-23-18)7-12(16(21)27)17-22-5-6-24(15)17/h3-7,11,13-14,26H,2,8-9H2,1H3,(H2,21,27)/t11-,13+,14-/m0/s1. The first-order valence-electron chi connectivity index (χ1n) is 9.20. The lowest BCUT2D eigenvalue weighted by molar-refractivity contribution is -0.136. The van der Waals surface area contributed by atoms with Gasteiger partial charge in [-0.3, -0.25) is 14.0 Å². The third-order valence-corrected chi connectivity index (χ3v) is 5.41. The third-order valence-electron chi connectivity index (χ3n) is 5.41. The Labute approximate surface area is 164 Å². The average molecular weight is 401 g/mol. The molecule has 1 aliphatic heterocycles. The molecule has 1 saturated heterocycles. The van der Waals surface area contributed by atoms with Gasteiger partial charge in [0.15, 0.2) is 6.17 Å². The molecule has 0 aromatic carbocycles. The van der Waals surface area contributed by atoms with E-state index >= 15 is 0 Å². The minimum absolute atomic E-state index is 0.0366. The highest BCUT2D eigenvalue weighted by Gasteiger charge is 2.47. The lowest BCUT2D eigenvalue weighted by Crippen LogP contribution is -2.40. The van der Waals surface area contributed by atoms with Crippen molar-refractivity contribution in [1.82, 2.24) is 19.3 Å². The number of primary amides is 1. The molecule has 2 amide bonds. The summed E-state index contributed by atoms with van der Waals surface area (Å²) >= 11 is 0. The van der Waals surface area contributed by atoms with E-state index in [0.717, 1.165) is 4.90 Å². The van der Waals surface area contributed by atoms with Crippen molar-refractivity contribution in [3.63, 3.8) is 0 Å². The van der Waals surface area contributed by atoms with Gasteiger partial charge in [0.1, 0.15) is 24.5 Å². The zero-order valence-electron chi connectivity index (χ0n) is 15.7. The molecule has 152 valence electrons. The number of aliphatic hydroxyl groups excluding tert-OH is 1. The van der Waals surface area contributed by atoms with Crippen LogP contribution in [0.5, 0.6) is 5.88 Å². The monoisotopic (exact) mass is 401 g/mol. The lowest BCUT2D eigenvalue weighted by Gasteiger charge is -2.25. The van der Waals surface area contributed by atoms with Gasteiger partial charge in [-0.2, -0.15) is 0 Å². The van der Waals surface area contributed by atoms with Crippen LogP contribution >= 0.6 is 0 Å². The van der Waals surface area contributed by atoms with Gasteiger partial charge in [0, 0.05) is 29.9 Å². The molecule has 29 heavy (non-hydrogen) atoms. The predicted octanol–water partition coefficient (Wildman–Crippen LogP) is 0.885. The molecular formula is C19H20FN5O4. The summed E-state index contributed by atoms with van der Waals surface area (Å²) in [4.78, 5) is 33.3. The fraction of sp³-hybridized carbons (Fsp3) is 0.368. The van der Waals surface area contributed by atoms with Crippen LogP contribution in [0.25, 0.3) is 16.6 Å². The number of hydrogen-bond donors (Lipinski definition) is 2. The van der Waals surface area contributed by atoms with Crippen molar-refractivity contribution in [2.75, 3.05) is 13.3 Å². The van der Waals surface area contributed by atoms with E-state index in [1.165, 1.54) is 12.4 Å². The number of nitrogens with two attached hydrogens (primary N) is 1. The molecule has 3 aromatic heterocycles. The molecule has 3 aromatic rings. The Kier molecular flexibility index (Phi) is 4.79. The summed E-state index contributed by atoms with van der Waals surface area (Å²) in [7, 11) is 0. The Bertz CT molecular complexity index is 1100. The molecule has 0 spiro atoms. The van der Waals surface area contributed by atoms with Crippen LogP contribution in [-0.4, -0.2) is 61.7 Å². The Morgan fingerprint density at radius 2 is 2.17 bits per heavy atom. The quantitative estimate of drug-likeness (QED) is 0.632. The Balaban J connectivity index is 1.73. The van der Waals surface area contributed by atoms with Crippen LogP contribution in [-0.2, 0) is 4.79 Å². The molecule has 0 radical (unpaired) electrons. The maximum atomic E-state index is 14.3. The number of amides is 2. The van der Waals surface area contributed by atoms with Gasteiger partial charge in [-0.05, 0) is 18.6 Å². The summed E-state index contributed by atoms with van der Waals surface area (Å²) in [6.07, 6.45) is 3.46. The number of pyridine rings is 2. The van der Waals surface area contributed by atoms with Crippen molar-refractivity contribution < 1.29 is 23.8 Å². The molecule has 3 atom stereocenters. The number of likely N-dealkylation sites (tertiary alicyclic amines) is 1. The summed E-state index contributed by atoms with van der Waals surface area (Å²) in [5.41, 5.74) is 6.66. The van der Waals surface area contributed by atoms with Gasteiger partial charge in [0.05, 0.1) is 11.6 Å². The first kappa shape index (κ1) is 19.1. The fourth-order valence-electron chi connectivity index (χ4n) is 3.96. The third kappa shape index (κ3) is 2.96. The van der Waals surface area contributed by atoms with Crippen molar-refractivity contribution in [2.24, 2.45) is 11.7 Å². The minimum Gasteiger partial charge on any atom is -0.474 e. The summed E-state index contributed by atoms with van der Waals surface area (Å²) in [6.45, 7) is 1.17. The van der Waals surface area contributed by atoms with Crippen molar-refractivity contribution in [3.8, 4) is 5.88 Å². The number of nitrogens with zero attached hydrogens (tertiary/aromatic N) is 4. The van der Waals surface area contributed by atoms with Crippen molar-refractivity contribution in [1.29, 1.82) is 0 Å². The van der Waals surface area contributed by atoms with Gasteiger partial charge in [0.25, 0.3) is 11.8 Å². The number of alkyl halides is 1. The molecule has 4 heterocycles. The fourth-order valence-corrected chi connectivity index (χ4v) is 3.96. The van der Waals surface area contributed by atoms with Crippen molar-refractivity contribution in [2.45, 2.75) is 25.6 Å². The number of ether oxygens (including phenoxy) is 1. The lowest BCUT2D eigenvalue weighted by atomic mass is 9.96. The van der Waals surface area contributed by atoms with Gasteiger partial charge < -0.3 is 20.5 Å². The van der Waals surface area contributed by atoms with Crippen LogP contribution in [0.1, 0.15) is 23.7 Å². The number of fused-ring (bicyclic) bond motifs is 3. The van der Waals surface area contributed by atoms with E-state index in [-0.39, 0.29) is 18.1 Å². The molecular weight excluding hydrogens is 381 g/mol. The van der Waals surface area contributed by atoms with E-state index in [2.05, 4.69) is 9.97 Å². The van der Waals surface area contributed by atoms with Crippen LogP contribution in [0.15, 0.2) is 30.7 Å². The van der Waals surface area contributed by atoms with Gasteiger partial charge >= 0.3 is 0 Å². The Morgan fingerprint density at radius 3 is 2.86 bits per heavy atom. The molecule has 3 N–H and O–H groups in total. The molecule has 1 fully saturated rings. The highest BCUT2D eigenvalue weighted by atomic mass is 19.1. The topological polar surface area (TPSA) is 123 Å². The number of imidazole rings is 1. The molecule has 4 rings (SSSR count). The normalized spacial score (nSPS) is 22.0. The summed E-state index contributed by atoms with van der Waals surface area (Å²) in [5.74, 6) is -1.68. The molecule has 10 heteroatoms. The number of rotatable bonds is 6. The Morgan fingerprint density at radius 1 is 1.38 bits per heavy atom. The van der Waals surface area contributed by atoms with Crippen molar-refractivity contribution >= 4 is 28.4 Å². The predicted molar refractivity (Wildman–Crippen MR) is 101 cm³/mol. The molecule has 0 aliphatic carbocycles. The zero-order chi connectivity index (χ0) is 20.7. The van der Waals surface area contributed by atoms with Gasteiger partial charge in [-0.1, -0.05) is 6.92 Å². The first-order valence-corrected chi connectivity index (χ1v) is 9.20. The number of aliphatic hydroxyl groups is 1. The van der Waals surface area contributed by atoms with Crippen molar-refractivity contribution in [3.05, 3.63) is 36.3 Å². The SMILES string of the molecule is CC[C@@H]1[C@H](F)C(=O)N(CO)[C@@H]1COc1nccc2cc(C(N)=O)c3nccn3c12. The van der Waals surface area contributed by atoms with E-state index < -0.39 is 36.7 Å². The molecule has 0 unspecified atom stereocenters. The summed E-state index contributed by atoms with van der Waals surface area (Å²) in [6, 6.07) is 2.70. The number of carbonyl (C=O) groups is 2. The smallest absolute Gasteiger partial charge is 0.259 e. The van der Waals surface area contributed by atoms with E-state index in [0.29, 0.717) is 23.0 Å². The number of halogens is 1. The molecule has 1 aliphatic rings. The number of aromatic nitrogens is 3. The van der Waals surface area contributed by atoms with E-state index in [1.807, 2.05) is 0 Å². The van der Waals surface area contributed by atoms with Gasteiger partial charge in [-0.15, -0.1) is 0 Å². The second-order valence-corrected chi connectivity index (χ2v) is 6.90. The highest BCUT2D eigenvalue weighted by molar-refractivity contribution is 6.03. The minimum atomic E-state index is -1.67. The summed E-state index contributed by atoms with van der Waals surface area (Å²) in [5, 5.41) is 10.2. The maximum absolute atomic E-state index is 14.3. The first-order chi connectivity index (χ1) is 14.0. The Hall–Kier alpha value is -3.27. The van der Waals surface area contributed by atoms with Crippen LogP contribution in [0.3, 0.4) is 0 Å². The van der Waals surface area contributed by atoms with Gasteiger partial charge in [0.2, 0.25) is 5.88 Å². The number of carbonyl (C=O) groups excluding carboxylic acids is 2.